The number of aliphatic hydroxyl groups is 3. The first-order valence-electron chi connectivity index (χ1n) is 6.79. The van der Waals surface area contributed by atoms with Crippen LogP contribution >= 0.6 is 23.4 Å². The Kier molecular flexibility index (Phi) is 4.42. The van der Waals surface area contributed by atoms with Crippen molar-refractivity contribution in [2.24, 2.45) is 4.99 Å². The molecule has 4 atom stereocenters. The highest BCUT2D eigenvalue weighted by Crippen LogP contribution is 2.36. The van der Waals surface area contributed by atoms with E-state index in [4.69, 9.17) is 11.6 Å². The van der Waals surface area contributed by atoms with Crippen molar-refractivity contribution in [3.05, 3.63) is 34.9 Å². The van der Waals surface area contributed by atoms with Gasteiger partial charge in [0.2, 0.25) is 0 Å². The molecule has 1 aromatic carbocycles. The van der Waals surface area contributed by atoms with Crippen LogP contribution in [0.1, 0.15) is 5.56 Å². The number of hydrogen-bond acceptors (Lipinski definition) is 5. The Labute approximate surface area is 132 Å². The molecule has 1 aromatic rings. The summed E-state index contributed by atoms with van der Waals surface area (Å²) in [7, 11) is 0. The second-order valence-electron chi connectivity index (χ2n) is 5.21. The fourth-order valence-electron chi connectivity index (χ4n) is 2.83. The number of benzene rings is 1. The van der Waals surface area contributed by atoms with Gasteiger partial charge in [0, 0.05) is 10.8 Å². The Morgan fingerprint density at radius 1 is 1.29 bits per heavy atom. The summed E-state index contributed by atoms with van der Waals surface area (Å²) in [5.41, 5.74) is 0.927. The van der Waals surface area contributed by atoms with Crippen molar-refractivity contribution in [1.82, 2.24) is 4.90 Å². The first kappa shape index (κ1) is 15.1. The molecule has 0 spiro atoms. The molecule has 3 N–H and O–H groups in total. The lowest BCUT2D eigenvalue weighted by atomic mass is 10.1. The molecule has 0 unspecified atom stereocenters. The van der Waals surface area contributed by atoms with Gasteiger partial charge in [0.05, 0.1) is 25.2 Å². The van der Waals surface area contributed by atoms with Crippen molar-refractivity contribution in [2.45, 2.75) is 30.8 Å². The molecule has 3 rings (SSSR count). The van der Waals surface area contributed by atoms with Gasteiger partial charge in [0.15, 0.2) is 5.17 Å². The minimum atomic E-state index is -0.939. The summed E-state index contributed by atoms with van der Waals surface area (Å²) in [6.45, 7) is 0.232. The molecule has 0 bridgehead atoms. The first-order valence-corrected chi connectivity index (χ1v) is 8.16. The van der Waals surface area contributed by atoms with E-state index in [0.29, 0.717) is 17.3 Å². The predicted molar refractivity (Wildman–Crippen MR) is 83.6 cm³/mol. The smallest absolute Gasteiger partial charge is 0.160 e. The van der Waals surface area contributed by atoms with Crippen LogP contribution in [0.25, 0.3) is 0 Å². The van der Waals surface area contributed by atoms with Crippen molar-refractivity contribution in [2.75, 3.05) is 12.4 Å². The van der Waals surface area contributed by atoms with Crippen molar-refractivity contribution in [1.29, 1.82) is 0 Å². The molecule has 2 aliphatic heterocycles. The highest BCUT2D eigenvalue weighted by molar-refractivity contribution is 8.14. The topological polar surface area (TPSA) is 76.3 Å². The van der Waals surface area contributed by atoms with Crippen LogP contribution < -0.4 is 0 Å². The highest BCUT2D eigenvalue weighted by atomic mass is 35.5. The fourth-order valence-corrected chi connectivity index (χ4v) is 4.28. The van der Waals surface area contributed by atoms with Crippen LogP contribution in [0.15, 0.2) is 29.3 Å². The van der Waals surface area contributed by atoms with Crippen LogP contribution in [0.5, 0.6) is 0 Å². The van der Waals surface area contributed by atoms with Crippen LogP contribution in [0.3, 0.4) is 0 Å². The number of aliphatic imine (C=N–C) groups is 1. The number of thioether (sulfide) groups is 1. The van der Waals surface area contributed by atoms with Crippen LogP contribution in [-0.2, 0) is 6.54 Å². The molecule has 21 heavy (non-hydrogen) atoms. The zero-order valence-electron chi connectivity index (χ0n) is 11.3. The van der Waals surface area contributed by atoms with Crippen LogP contribution in [0, 0.1) is 0 Å². The van der Waals surface area contributed by atoms with Gasteiger partial charge >= 0.3 is 0 Å². The summed E-state index contributed by atoms with van der Waals surface area (Å²) in [5, 5.41) is 30.9. The van der Waals surface area contributed by atoms with E-state index in [-0.39, 0.29) is 12.6 Å². The normalized spacial score (nSPS) is 33.7. The minimum Gasteiger partial charge on any atom is -0.394 e. The fraction of sp³-hybridized carbons (Fsp3) is 0.500. The zero-order valence-corrected chi connectivity index (χ0v) is 12.8. The molecule has 2 fully saturated rings. The van der Waals surface area contributed by atoms with Gasteiger partial charge in [-0.15, -0.1) is 0 Å². The van der Waals surface area contributed by atoms with Crippen molar-refractivity contribution in [3.8, 4) is 0 Å². The molecule has 0 radical (unpaired) electrons. The summed E-state index contributed by atoms with van der Waals surface area (Å²) >= 11 is 7.65. The van der Waals surface area contributed by atoms with E-state index in [1.807, 2.05) is 29.2 Å². The second kappa shape index (κ2) is 6.14. The average molecular weight is 329 g/mol. The quantitative estimate of drug-likeness (QED) is 0.762. The molecular formula is C14H17ClN2O3S. The number of rotatable bonds is 3. The summed E-state index contributed by atoms with van der Waals surface area (Å²) in [6.07, 6.45) is -1.78. The standard InChI is InChI=1S/C14H17ClN2O3S/c15-9-4-2-1-3-8(9)5-16-14-17-10(6-18)12(19)13(20)11(17)7-21-14/h1-4,10-13,18-20H,5-7H2/t10-,11-,12-,13-/m0/s1. The molecule has 0 amide bonds. The lowest BCUT2D eigenvalue weighted by Crippen LogP contribution is -2.41. The molecule has 2 saturated heterocycles. The Hall–Kier alpha value is -0.790. The molecular weight excluding hydrogens is 312 g/mol. The number of amidine groups is 1. The molecule has 5 nitrogen and oxygen atoms in total. The van der Waals surface area contributed by atoms with E-state index in [0.717, 1.165) is 10.7 Å². The van der Waals surface area contributed by atoms with E-state index < -0.39 is 18.2 Å². The summed E-state index contributed by atoms with van der Waals surface area (Å²) in [6, 6.07) is 6.83. The first-order chi connectivity index (χ1) is 10.1. The third-order valence-corrected chi connectivity index (χ3v) is 5.46. The number of hydrogen-bond donors (Lipinski definition) is 3. The van der Waals surface area contributed by atoms with Gasteiger partial charge in [-0.05, 0) is 11.6 Å². The van der Waals surface area contributed by atoms with Crippen molar-refractivity contribution in [3.63, 3.8) is 0 Å². The van der Waals surface area contributed by atoms with Gasteiger partial charge < -0.3 is 20.2 Å². The van der Waals surface area contributed by atoms with E-state index >= 15 is 0 Å². The highest BCUT2D eigenvalue weighted by Gasteiger charge is 2.51. The zero-order chi connectivity index (χ0) is 15.0. The molecule has 0 aliphatic carbocycles. The number of aliphatic hydroxyl groups excluding tert-OH is 3. The average Bonchev–Trinajstić information content (AvgIpc) is 2.99. The van der Waals surface area contributed by atoms with Crippen molar-refractivity contribution >= 4 is 28.5 Å². The monoisotopic (exact) mass is 328 g/mol. The number of nitrogens with zero attached hydrogens (tertiary/aromatic N) is 2. The van der Waals surface area contributed by atoms with Gasteiger partial charge in [-0.3, -0.25) is 4.99 Å². The SMILES string of the molecule is OC[C@H]1[C@H](O)[C@@H](O)[C@@H]2CSC(=NCc3ccccc3Cl)N12. The molecule has 0 saturated carbocycles. The maximum atomic E-state index is 10.0. The number of halogens is 1. The molecule has 114 valence electrons. The Morgan fingerprint density at radius 3 is 2.76 bits per heavy atom. The maximum Gasteiger partial charge on any atom is 0.160 e. The second-order valence-corrected chi connectivity index (χ2v) is 6.60. The summed E-state index contributed by atoms with van der Waals surface area (Å²) < 4.78 is 0. The summed E-state index contributed by atoms with van der Waals surface area (Å²) in [5.74, 6) is 0.663. The van der Waals surface area contributed by atoms with E-state index in [1.165, 1.54) is 11.8 Å². The van der Waals surface area contributed by atoms with Crippen molar-refractivity contribution < 1.29 is 15.3 Å². The largest absolute Gasteiger partial charge is 0.394 e. The van der Waals surface area contributed by atoms with Gasteiger partial charge in [0.1, 0.15) is 12.2 Å². The van der Waals surface area contributed by atoms with E-state index in [9.17, 15) is 15.3 Å². The molecule has 2 heterocycles. The van der Waals surface area contributed by atoms with Crippen LogP contribution in [0.2, 0.25) is 5.02 Å². The Balaban J connectivity index is 1.80. The Bertz CT molecular complexity index is 555. The molecule has 7 heteroatoms. The predicted octanol–water partition coefficient (Wildman–Crippen LogP) is 0.710. The van der Waals surface area contributed by atoms with Gasteiger partial charge in [-0.1, -0.05) is 41.6 Å². The minimum absolute atomic E-state index is 0.188. The lowest BCUT2D eigenvalue weighted by Gasteiger charge is -2.24. The van der Waals surface area contributed by atoms with Gasteiger partial charge in [0.25, 0.3) is 0 Å². The lowest BCUT2D eigenvalue weighted by molar-refractivity contribution is 0.0206. The van der Waals surface area contributed by atoms with Crippen LogP contribution in [0.4, 0.5) is 0 Å². The number of fused-ring (bicyclic) bond motifs is 1. The van der Waals surface area contributed by atoms with E-state index in [2.05, 4.69) is 4.99 Å². The van der Waals surface area contributed by atoms with Crippen LogP contribution in [-0.4, -0.2) is 62.0 Å². The summed E-state index contributed by atoms with van der Waals surface area (Å²) in [4.78, 5) is 6.40. The molecule has 2 aliphatic rings. The third-order valence-electron chi connectivity index (χ3n) is 3.99. The molecule has 0 aromatic heterocycles. The third kappa shape index (κ3) is 2.66. The van der Waals surface area contributed by atoms with E-state index in [1.54, 1.807) is 0 Å². The van der Waals surface area contributed by atoms with Gasteiger partial charge in [-0.2, -0.15) is 0 Å². The Morgan fingerprint density at radius 2 is 2.05 bits per heavy atom. The maximum absolute atomic E-state index is 10.0. The van der Waals surface area contributed by atoms with Gasteiger partial charge in [-0.25, -0.2) is 0 Å².